The topological polar surface area (TPSA) is 41.6 Å². The van der Waals surface area contributed by atoms with Crippen molar-refractivity contribution in [2.75, 3.05) is 33.3 Å². The van der Waals surface area contributed by atoms with Crippen molar-refractivity contribution < 1.29 is 9.53 Å². The van der Waals surface area contributed by atoms with Crippen LogP contribution in [-0.2, 0) is 16.0 Å². The van der Waals surface area contributed by atoms with Crippen LogP contribution in [0.1, 0.15) is 18.4 Å². The maximum Gasteiger partial charge on any atom is 0.250 e. The van der Waals surface area contributed by atoms with E-state index in [0.29, 0.717) is 13.2 Å². The van der Waals surface area contributed by atoms with Crippen LogP contribution in [0.15, 0.2) is 30.3 Å². The van der Waals surface area contributed by atoms with E-state index >= 15 is 0 Å². The van der Waals surface area contributed by atoms with Crippen molar-refractivity contribution in [1.29, 1.82) is 0 Å². The molecule has 1 aliphatic rings. The molecule has 0 radical (unpaired) electrons. The molecule has 0 spiro atoms. The number of likely N-dealkylation sites (N-methyl/N-ethyl adjacent to an activating group) is 1. The smallest absolute Gasteiger partial charge is 0.250 e. The molecule has 1 amide bonds. The molecular formula is C16H24N2O2. The quantitative estimate of drug-likeness (QED) is 0.800. The maximum atomic E-state index is 11.6. The molecule has 1 atom stereocenters. The highest BCUT2D eigenvalue weighted by atomic mass is 16.5. The molecule has 1 aliphatic heterocycles. The number of hydrogen-bond acceptors (Lipinski definition) is 3. The second kappa shape index (κ2) is 8.02. The molecule has 1 fully saturated rings. The van der Waals surface area contributed by atoms with E-state index in [9.17, 15) is 4.79 Å². The average Bonchev–Trinajstić information content (AvgIpc) is 2.52. The molecule has 0 aromatic heterocycles. The Labute approximate surface area is 121 Å². The summed E-state index contributed by atoms with van der Waals surface area (Å²) in [5.41, 5.74) is 1.40. The lowest BCUT2D eigenvalue weighted by molar-refractivity contribution is -0.138. The number of amides is 1. The van der Waals surface area contributed by atoms with E-state index in [1.807, 2.05) is 0 Å². The third-order valence-electron chi connectivity index (χ3n) is 3.72. The minimum Gasteiger partial charge on any atom is -0.366 e. The molecule has 0 bridgehead atoms. The Balaban J connectivity index is 1.65. The largest absolute Gasteiger partial charge is 0.366 e. The Morgan fingerprint density at radius 2 is 2.15 bits per heavy atom. The van der Waals surface area contributed by atoms with Crippen LogP contribution in [0, 0.1) is 0 Å². The number of ether oxygens (including phenoxy) is 1. The lowest BCUT2D eigenvalue weighted by Gasteiger charge is -2.31. The van der Waals surface area contributed by atoms with Gasteiger partial charge in [-0.2, -0.15) is 0 Å². The molecule has 110 valence electrons. The highest BCUT2D eigenvalue weighted by Crippen LogP contribution is 2.09. The number of morpholine rings is 1. The number of carbonyl (C=O) groups is 1. The zero-order valence-corrected chi connectivity index (χ0v) is 12.2. The average molecular weight is 276 g/mol. The summed E-state index contributed by atoms with van der Waals surface area (Å²) >= 11 is 0. The number of rotatable bonds is 6. The summed E-state index contributed by atoms with van der Waals surface area (Å²) in [7, 11) is 1.66. The van der Waals surface area contributed by atoms with Gasteiger partial charge in [-0.15, -0.1) is 0 Å². The van der Waals surface area contributed by atoms with E-state index in [1.165, 1.54) is 12.0 Å². The van der Waals surface area contributed by atoms with Crippen LogP contribution in [0.25, 0.3) is 0 Å². The van der Waals surface area contributed by atoms with Gasteiger partial charge in [0.25, 0.3) is 0 Å². The second-order valence-corrected chi connectivity index (χ2v) is 5.22. The number of carbonyl (C=O) groups excluding carboxylic acids is 1. The van der Waals surface area contributed by atoms with Gasteiger partial charge in [0.15, 0.2) is 0 Å². The fourth-order valence-corrected chi connectivity index (χ4v) is 2.53. The van der Waals surface area contributed by atoms with Crippen molar-refractivity contribution in [3.8, 4) is 0 Å². The minimum atomic E-state index is -0.303. The number of aryl methyl sites for hydroxylation is 1. The van der Waals surface area contributed by atoms with Gasteiger partial charge in [0.1, 0.15) is 6.10 Å². The SMILES string of the molecule is CNC(=O)[C@H]1CN(CCCCc2ccccc2)CCO1. The molecule has 1 N–H and O–H groups in total. The van der Waals surface area contributed by atoms with Gasteiger partial charge in [0.2, 0.25) is 5.91 Å². The number of nitrogens with one attached hydrogen (secondary N) is 1. The van der Waals surface area contributed by atoms with Crippen LogP contribution in [0.4, 0.5) is 0 Å². The molecule has 1 aromatic rings. The monoisotopic (exact) mass is 276 g/mol. The van der Waals surface area contributed by atoms with Crippen molar-refractivity contribution >= 4 is 5.91 Å². The van der Waals surface area contributed by atoms with Crippen LogP contribution in [0.5, 0.6) is 0 Å². The summed E-state index contributed by atoms with van der Waals surface area (Å²) < 4.78 is 5.48. The van der Waals surface area contributed by atoms with Crippen LogP contribution in [-0.4, -0.2) is 50.2 Å². The Morgan fingerprint density at radius 1 is 1.35 bits per heavy atom. The predicted molar refractivity (Wildman–Crippen MR) is 79.6 cm³/mol. The molecular weight excluding hydrogens is 252 g/mol. The maximum absolute atomic E-state index is 11.6. The van der Waals surface area contributed by atoms with E-state index in [2.05, 4.69) is 40.5 Å². The van der Waals surface area contributed by atoms with Gasteiger partial charge >= 0.3 is 0 Å². The lowest BCUT2D eigenvalue weighted by Crippen LogP contribution is -2.49. The van der Waals surface area contributed by atoms with Crippen LogP contribution >= 0.6 is 0 Å². The number of unbranched alkanes of at least 4 members (excludes halogenated alkanes) is 1. The summed E-state index contributed by atoms with van der Waals surface area (Å²) in [5.74, 6) is -0.0148. The van der Waals surface area contributed by atoms with Crippen molar-refractivity contribution in [2.45, 2.75) is 25.4 Å². The molecule has 1 heterocycles. The zero-order chi connectivity index (χ0) is 14.2. The van der Waals surface area contributed by atoms with Crippen molar-refractivity contribution in [2.24, 2.45) is 0 Å². The Morgan fingerprint density at radius 3 is 2.90 bits per heavy atom. The Kier molecular flexibility index (Phi) is 6.02. The van der Waals surface area contributed by atoms with E-state index in [-0.39, 0.29) is 12.0 Å². The van der Waals surface area contributed by atoms with E-state index in [4.69, 9.17) is 4.74 Å². The molecule has 0 unspecified atom stereocenters. The van der Waals surface area contributed by atoms with Crippen LogP contribution in [0.2, 0.25) is 0 Å². The van der Waals surface area contributed by atoms with Gasteiger partial charge in [-0.1, -0.05) is 30.3 Å². The molecule has 0 saturated carbocycles. The summed E-state index contributed by atoms with van der Waals surface area (Å²) in [6.07, 6.45) is 3.17. The Bertz CT molecular complexity index is 408. The first-order chi connectivity index (χ1) is 9.79. The van der Waals surface area contributed by atoms with E-state index in [0.717, 1.165) is 25.9 Å². The molecule has 4 nitrogen and oxygen atoms in total. The van der Waals surface area contributed by atoms with E-state index < -0.39 is 0 Å². The molecule has 20 heavy (non-hydrogen) atoms. The van der Waals surface area contributed by atoms with Gasteiger partial charge in [0, 0.05) is 20.1 Å². The molecule has 0 aliphatic carbocycles. The number of benzene rings is 1. The number of hydrogen-bond donors (Lipinski definition) is 1. The fraction of sp³-hybridized carbons (Fsp3) is 0.562. The zero-order valence-electron chi connectivity index (χ0n) is 12.2. The third-order valence-corrected chi connectivity index (χ3v) is 3.72. The van der Waals surface area contributed by atoms with Crippen molar-refractivity contribution in [1.82, 2.24) is 10.2 Å². The molecule has 4 heteroatoms. The van der Waals surface area contributed by atoms with Crippen molar-refractivity contribution in [3.05, 3.63) is 35.9 Å². The first-order valence-corrected chi connectivity index (χ1v) is 7.39. The number of nitrogens with zero attached hydrogens (tertiary/aromatic N) is 1. The normalized spacial score (nSPS) is 19.8. The highest BCUT2D eigenvalue weighted by Gasteiger charge is 2.25. The summed E-state index contributed by atoms with van der Waals surface area (Å²) in [6.45, 7) is 3.34. The van der Waals surface area contributed by atoms with Gasteiger partial charge in [-0.3, -0.25) is 9.69 Å². The van der Waals surface area contributed by atoms with Gasteiger partial charge < -0.3 is 10.1 Å². The van der Waals surface area contributed by atoms with Gasteiger partial charge in [-0.05, 0) is 31.4 Å². The predicted octanol–water partition coefficient (Wildman–Crippen LogP) is 1.46. The molecule has 2 rings (SSSR count). The third kappa shape index (κ3) is 4.62. The lowest BCUT2D eigenvalue weighted by atomic mass is 10.1. The first kappa shape index (κ1) is 15.0. The summed E-state index contributed by atoms with van der Waals surface area (Å²) in [5, 5.41) is 2.65. The van der Waals surface area contributed by atoms with Gasteiger partial charge in [-0.25, -0.2) is 0 Å². The van der Waals surface area contributed by atoms with E-state index in [1.54, 1.807) is 7.05 Å². The van der Waals surface area contributed by atoms with Crippen LogP contribution in [0.3, 0.4) is 0 Å². The first-order valence-electron chi connectivity index (χ1n) is 7.39. The van der Waals surface area contributed by atoms with Crippen LogP contribution < -0.4 is 5.32 Å². The highest BCUT2D eigenvalue weighted by molar-refractivity contribution is 5.80. The summed E-state index contributed by atoms with van der Waals surface area (Å²) in [6, 6.07) is 10.6. The second-order valence-electron chi connectivity index (χ2n) is 5.22. The van der Waals surface area contributed by atoms with Gasteiger partial charge in [0.05, 0.1) is 6.61 Å². The van der Waals surface area contributed by atoms with Crippen molar-refractivity contribution in [3.63, 3.8) is 0 Å². The molecule has 1 saturated heterocycles. The summed E-state index contributed by atoms with van der Waals surface area (Å²) in [4.78, 5) is 13.9. The standard InChI is InChI=1S/C16H24N2O2/c1-17-16(19)15-13-18(11-12-20-15)10-6-5-9-14-7-3-2-4-8-14/h2-4,7-8,15H,5-6,9-13H2,1H3,(H,17,19)/t15-/m1/s1. The Hall–Kier alpha value is -1.39. The minimum absolute atomic E-state index is 0.0148. The fourth-order valence-electron chi connectivity index (χ4n) is 2.53. The molecule has 1 aromatic carbocycles.